The lowest BCUT2D eigenvalue weighted by Gasteiger charge is -2.09. The van der Waals surface area contributed by atoms with Gasteiger partial charge in [0.25, 0.3) is 0 Å². The van der Waals surface area contributed by atoms with Gasteiger partial charge in [-0.05, 0) is 35.4 Å². The monoisotopic (exact) mass is 505 g/mol. The van der Waals surface area contributed by atoms with Gasteiger partial charge in [-0.15, -0.1) is 10.2 Å². The second-order valence-electron chi connectivity index (χ2n) is 8.01. The summed E-state index contributed by atoms with van der Waals surface area (Å²) >= 11 is 12.8. The molecule has 0 radical (unpaired) electrons. The van der Waals surface area contributed by atoms with Crippen LogP contribution in [0.1, 0.15) is 24.6 Å². The molecule has 0 saturated carbocycles. The lowest BCUT2D eigenvalue weighted by molar-refractivity contribution is 0.690. The second kappa shape index (κ2) is 9.85. The van der Waals surface area contributed by atoms with Crippen LogP contribution >= 0.6 is 23.2 Å². The minimum atomic E-state index is -0.199. The van der Waals surface area contributed by atoms with Crippen LogP contribution in [0, 0.1) is 0 Å². The molecule has 0 fully saturated rings. The molecular formula is C25H21Cl2N7O. The maximum absolute atomic E-state index is 13.4. The number of nitrogens with zero attached hydrogens (tertiary/aromatic N) is 6. The van der Waals surface area contributed by atoms with Gasteiger partial charge >= 0.3 is 5.69 Å². The third kappa shape index (κ3) is 4.50. The fourth-order valence-corrected chi connectivity index (χ4v) is 4.65. The van der Waals surface area contributed by atoms with E-state index in [0.29, 0.717) is 28.1 Å². The van der Waals surface area contributed by atoms with E-state index in [4.69, 9.17) is 23.2 Å². The number of aryl methyl sites for hydroxylation is 1. The van der Waals surface area contributed by atoms with Crippen LogP contribution in [0.3, 0.4) is 0 Å². The highest BCUT2D eigenvalue weighted by atomic mass is 35.5. The van der Waals surface area contributed by atoms with E-state index in [9.17, 15) is 4.79 Å². The number of aromatic amines is 1. The number of tetrazole rings is 1. The molecule has 5 aromatic rings. The Labute approximate surface area is 211 Å². The number of benzene rings is 2. The highest BCUT2D eigenvalue weighted by molar-refractivity contribution is 6.37. The Morgan fingerprint density at radius 1 is 0.971 bits per heavy atom. The Kier molecular flexibility index (Phi) is 6.48. The third-order valence-electron chi connectivity index (χ3n) is 5.70. The highest BCUT2D eigenvalue weighted by Gasteiger charge is 2.17. The van der Waals surface area contributed by atoms with E-state index in [0.717, 1.165) is 40.9 Å². The number of H-pyrrole nitrogens is 1. The van der Waals surface area contributed by atoms with Crippen molar-refractivity contribution in [3.63, 3.8) is 0 Å². The molecule has 176 valence electrons. The zero-order valence-corrected chi connectivity index (χ0v) is 20.3. The van der Waals surface area contributed by atoms with Gasteiger partial charge in [0, 0.05) is 29.2 Å². The highest BCUT2D eigenvalue weighted by Crippen LogP contribution is 2.29. The molecule has 0 unspecified atom stereocenters. The summed E-state index contributed by atoms with van der Waals surface area (Å²) in [5, 5.41) is 15.2. The molecule has 35 heavy (non-hydrogen) atoms. The summed E-state index contributed by atoms with van der Waals surface area (Å²) in [5.41, 5.74) is 4.59. The van der Waals surface area contributed by atoms with Gasteiger partial charge in [-0.1, -0.05) is 72.9 Å². The van der Waals surface area contributed by atoms with Crippen molar-refractivity contribution >= 4 is 23.2 Å². The van der Waals surface area contributed by atoms with Crippen LogP contribution in [0.15, 0.2) is 71.8 Å². The largest absolute Gasteiger partial charge is 0.333 e. The Hall–Kier alpha value is -3.75. The van der Waals surface area contributed by atoms with Crippen LogP contribution in [0.4, 0.5) is 0 Å². The zero-order chi connectivity index (χ0) is 24.4. The second-order valence-corrected chi connectivity index (χ2v) is 8.83. The number of hydrogen-bond donors (Lipinski definition) is 1. The van der Waals surface area contributed by atoms with Crippen molar-refractivity contribution in [1.82, 2.24) is 34.7 Å². The Morgan fingerprint density at radius 2 is 1.74 bits per heavy atom. The van der Waals surface area contributed by atoms with E-state index < -0.39 is 0 Å². The average molecular weight is 506 g/mol. The fraction of sp³-hybridized carbons (Fsp3) is 0.160. The molecule has 0 bridgehead atoms. The van der Waals surface area contributed by atoms with E-state index >= 15 is 0 Å². The molecule has 0 aliphatic rings. The standard InChI is InChI=1S/C25H21Cl2N7O/c1-2-6-17-15-34(23-20(26)9-5-10-21(23)27)25(35)33(17)14-16-11-12-22(28-13-16)18-7-3-4-8-19(18)24-29-31-32-30-24/h3-5,7-13,15H,2,6,14H2,1H3,(H,29,30,31,32). The van der Waals surface area contributed by atoms with E-state index in [1.165, 1.54) is 4.57 Å². The first kappa shape index (κ1) is 23.0. The van der Waals surface area contributed by atoms with Gasteiger partial charge in [0.2, 0.25) is 5.82 Å². The number of para-hydroxylation sites is 1. The SMILES string of the molecule is CCCc1cn(-c2c(Cl)cccc2Cl)c(=O)n1Cc1ccc(-c2ccccc2-c2nn[nH]n2)nc1. The van der Waals surface area contributed by atoms with E-state index in [1.54, 1.807) is 29.0 Å². The predicted molar refractivity (Wildman–Crippen MR) is 136 cm³/mol. The molecule has 3 heterocycles. The number of aromatic nitrogens is 7. The van der Waals surface area contributed by atoms with E-state index in [2.05, 4.69) is 32.5 Å². The molecule has 0 aliphatic carbocycles. The quantitative estimate of drug-likeness (QED) is 0.328. The molecule has 8 nitrogen and oxygen atoms in total. The van der Waals surface area contributed by atoms with Crippen molar-refractivity contribution < 1.29 is 0 Å². The van der Waals surface area contributed by atoms with Crippen molar-refractivity contribution in [3.05, 3.63) is 98.8 Å². The smallest absolute Gasteiger partial charge is 0.292 e. The van der Waals surface area contributed by atoms with Crippen molar-refractivity contribution in [3.8, 4) is 28.3 Å². The van der Waals surface area contributed by atoms with Crippen LogP contribution in [-0.4, -0.2) is 34.7 Å². The molecule has 0 atom stereocenters. The summed E-state index contributed by atoms with van der Waals surface area (Å²) in [5.74, 6) is 0.502. The first-order chi connectivity index (χ1) is 17.1. The Bertz CT molecular complexity index is 1500. The summed E-state index contributed by atoms with van der Waals surface area (Å²) in [4.78, 5) is 18.1. The van der Waals surface area contributed by atoms with E-state index in [1.807, 2.05) is 42.6 Å². The van der Waals surface area contributed by atoms with Gasteiger partial charge in [0.05, 0.1) is 28.0 Å². The lowest BCUT2D eigenvalue weighted by atomic mass is 10.0. The van der Waals surface area contributed by atoms with Gasteiger partial charge in [-0.3, -0.25) is 14.1 Å². The van der Waals surface area contributed by atoms with Gasteiger partial charge in [0.1, 0.15) is 0 Å². The number of pyridine rings is 1. The fourth-order valence-electron chi connectivity index (χ4n) is 4.07. The summed E-state index contributed by atoms with van der Waals surface area (Å²) in [6.07, 6.45) is 5.24. The van der Waals surface area contributed by atoms with Crippen molar-refractivity contribution in [2.45, 2.75) is 26.3 Å². The third-order valence-corrected chi connectivity index (χ3v) is 6.31. The van der Waals surface area contributed by atoms with E-state index in [-0.39, 0.29) is 5.69 Å². The summed E-state index contributed by atoms with van der Waals surface area (Å²) in [7, 11) is 0. The van der Waals surface area contributed by atoms with Gasteiger partial charge in [0.15, 0.2) is 0 Å². The van der Waals surface area contributed by atoms with Gasteiger partial charge in [-0.2, -0.15) is 5.21 Å². The number of rotatable bonds is 7. The molecule has 10 heteroatoms. The first-order valence-corrected chi connectivity index (χ1v) is 11.9. The number of halogens is 2. The molecule has 1 N–H and O–H groups in total. The van der Waals surface area contributed by atoms with Crippen LogP contribution < -0.4 is 5.69 Å². The molecule has 0 aliphatic heterocycles. The van der Waals surface area contributed by atoms with Crippen LogP contribution in [-0.2, 0) is 13.0 Å². The van der Waals surface area contributed by atoms with Crippen LogP contribution in [0.2, 0.25) is 10.0 Å². The molecule has 2 aromatic carbocycles. The number of imidazole rings is 1. The predicted octanol–water partition coefficient (Wildman–Crippen LogP) is 5.19. The summed E-state index contributed by atoms with van der Waals surface area (Å²) < 4.78 is 3.27. The number of hydrogen-bond acceptors (Lipinski definition) is 5. The molecule has 0 saturated heterocycles. The minimum absolute atomic E-state index is 0.199. The molecule has 5 rings (SSSR count). The average Bonchev–Trinajstić information content (AvgIpc) is 3.50. The van der Waals surface area contributed by atoms with Gasteiger partial charge < -0.3 is 0 Å². The van der Waals surface area contributed by atoms with Crippen molar-refractivity contribution in [2.75, 3.05) is 0 Å². The zero-order valence-electron chi connectivity index (χ0n) is 18.8. The molecule has 0 spiro atoms. The number of nitrogens with one attached hydrogen (secondary N) is 1. The van der Waals surface area contributed by atoms with Crippen LogP contribution in [0.25, 0.3) is 28.3 Å². The van der Waals surface area contributed by atoms with Crippen LogP contribution in [0.5, 0.6) is 0 Å². The maximum Gasteiger partial charge on any atom is 0.333 e. The molecule has 3 aromatic heterocycles. The molecule has 0 amide bonds. The topological polar surface area (TPSA) is 94.3 Å². The first-order valence-electron chi connectivity index (χ1n) is 11.1. The Balaban J connectivity index is 1.49. The lowest BCUT2D eigenvalue weighted by Crippen LogP contribution is -2.25. The summed E-state index contributed by atoms with van der Waals surface area (Å²) in [6, 6.07) is 16.8. The normalized spacial score (nSPS) is 11.2. The van der Waals surface area contributed by atoms with Crippen molar-refractivity contribution in [1.29, 1.82) is 0 Å². The minimum Gasteiger partial charge on any atom is -0.292 e. The van der Waals surface area contributed by atoms with Gasteiger partial charge in [-0.25, -0.2) is 4.79 Å². The summed E-state index contributed by atoms with van der Waals surface area (Å²) in [6.45, 7) is 2.45. The van der Waals surface area contributed by atoms with Crippen molar-refractivity contribution in [2.24, 2.45) is 0 Å². The molecular weight excluding hydrogens is 485 g/mol. The Morgan fingerprint density at radius 3 is 2.40 bits per heavy atom. The maximum atomic E-state index is 13.4.